The molecule has 0 aliphatic heterocycles. The molecule has 0 amide bonds. The lowest BCUT2D eigenvalue weighted by molar-refractivity contribution is -0.00271. The summed E-state index contributed by atoms with van der Waals surface area (Å²) in [6.45, 7) is 0.389. The van der Waals surface area contributed by atoms with Gasteiger partial charge < -0.3 is 9.47 Å². The molecule has 0 aromatic heterocycles. The molecule has 0 bridgehead atoms. The zero-order valence-electron chi connectivity index (χ0n) is 3.52. The molecule has 0 aromatic carbocycles. The second kappa shape index (κ2) is 8.87. The molecular formula is C4H12O2. The van der Waals surface area contributed by atoms with Gasteiger partial charge in [0.05, 0.1) is 0 Å². The van der Waals surface area contributed by atoms with E-state index >= 15 is 0 Å². The third-order valence-electron chi connectivity index (χ3n) is 0.236. The first-order valence-corrected chi connectivity index (χ1v) is 1.39. The highest BCUT2D eigenvalue weighted by Gasteiger charge is 1.63. The summed E-state index contributed by atoms with van der Waals surface area (Å²) in [4.78, 5) is 0. The molecule has 2 nitrogen and oxygen atoms in total. The average molecular weight is 92.1 g/mol. The molecule has 0 aliphatic carbocycles. The van der Waals surface area contributed by atoms with Crippen molar-refractivity contribution in [3.63, 3.8) is 0 Å². The predicted molar refractivity (Wildman–Crippen MR) is 25.6 cm³/mol. The van der Waals surface area contributed by atoms with Crippen LogP contribution in [0, 0.1) is 0 Å². The minimum Gasteiger partial charge on any atom is -0.359 e. The van der Waals surface area contributed by atoms with E-state index in [0.717, 1.165) is 0 Å². The second-order valence-corrected chi connectivity index (χ2v) is 0.695. The van der Waals surface area contributed by atoms with Gasteiger partial charge >= 0.3 is 0 Å². The van der Waals surface area contributed by atoms with Crippen LogP contribution in [0.15, 0.2) is 0 Å². The Morgan fingerprint density at radius 3 is 1.50 bits per heavy atom. The minimum atomic E-state index is 0. The van der Waals surface area contributed by atoms with E-state index in [1.807, 2.05) is 0 Å². The molecule has 0 saturated heterocycles. The van der Waals surface area contributed by atoms with Gasteiger partial charge in [0, 0.05) is 14.2 Å². The molecule has 0 fully saturated rings. The highest BCUT2D eigenvalue weighted by Crippen LogP contribution is 1.60. The molecular weight excluding hydrogens is 80.0 g/mol. The molecule has 40 valence electrons. The molecule has 0 unspecified atom stereocenters. The third-order valence-corrected chi connectivity index (χ3v) is 0.236. The maximum Gasteiger partial charge on any atom is 0.145 e. The van der Waals surface area contributed by atoms with Crippen LogP contribution in [0.25, 0.3) is 0 Å². The first-order chi connectivity index (χ1) is 2.41. The van der Waals surface area contributed by atoms with Gasteiger partial charge in [0.2, 0.25) is 0 Å². The van der Waals surface area contributed by atoms with E-state index in [9.17, 15) is 0 Å². The van der Waals surface area contributed by atoms with Crippen LogP contribution in [-0.4, -0.2) is 21.0 Å². The Morgan fingerprint density at radius 1 is 1.17 bits per heavy atom. The molecule has 0 heterocycles. The van der Waals surface area contributed by atoms with E-state index in [-0.39, 0.29) is 7.43 Å². The standard InChI is InChI=1S/C3H8O2.CH4/c1-4-3-5-2;/h3H2,1-2H3;1H4. The van der Waals surface area contributed by atoms with Crippen molar-refractivity contribution in [1.29, 1.82) is 0 Å². The monoisotopic (exact) mass is 92.1 g/mol. The summed E-state index contributed by atoms with van der Waals surface area (Å²) in [6, 6.07) is 0. The molecule has 0 atom stereocenters. The Labute approximate surface area is 39.1 Å². The number of hydrogen-bond donors (Lipinski definition) is 0. The predicted octanol–water partition coefficient (Wildman–Crippen LogP) is 0.873. The molecule has 0 rings (SSSR count). The summed E-state index contributed by atoms with van der Waals surface area (Å²) in [5.41, 5.74) is 0. The largest absolute Gasteiger partial charge is 0.359 e. The van der Waals surface area contributed by atoms with Crippen LogP contribution in [0.2, 0.25) is 0 Å². The maximum atomic E-state index is 4.47. The third kappa shape index (κ3) is 9.07. The van der Waals surface area contributed by atoms with E-state index in [0.29, 0.717) is 6.79 Å². The summed E-state index contributed by atoms with van der Waals surface area (Å²) in [5.74, 6) is 0. The van der Waals surface area contributed by atoms with Gasteiger partial charge in [0.1, 0.15) is 6.79 Å². The highest BCUT2D eigenvalue weighted by molar-refractivity contribution is 3.84. The van der Waals surface area contributed by atoms with Gasteiger partial charge in [-0.15, -0.1) is 0 Å². The summed E-state index contributed by atoms with van der Waals surface area (Å²) in [6.07, 6.45) is 0. The number of methoxy groups -OCH3 is 2. The fourth-order valence-electron chi connectivity index (χ4n) is 0.118. The minimum absolute atomic E-state index is 0. The van der Waals surface area contributed by atoms with Crippen molar-refractivity contribution in [1.82, 2.24) is 0 Å². The summed E-state index contributed by atoms with van der Waals surface area (Å²) in [5, 5.41) is 0. The van der Waals surface area contributed by atoms with E-state index in [2.05, 4.69) is 9.47 Å². The van der Waals surface area contributed by atoms with E-state index < -0.39 is 0 Å². The molecule has 0 radical (unpaired) electrons. The number of rotatable bonds is 2. The molecule has 6 heavy (non-hydrogen) atoms. The maximum absolute atomic E-state index is 4.47. The summed E-state index contributed by atoms with van der Waals surface area (Å²) in [7, 11) is 3.17. The van der Waals surface area contributed by atoms with Crippen molar-refractivity contribution in [3.8, 4) is 0 Å². The van der Waals surface area contributed by atoms with E-state index in [1.165, 1.54) is 0 Å². The van der Waals surface area contributed by atoms with Crippen molar-refractivity contribution in [2.75, 3.05) is 21.0 Å². The van der Waals surface area contributed by atoms with Crippen LogP contribution in [0.4, 0.5) is 0 Å². The Morgan fingerprint density at radius 2 is 1.50 bits per heavy atom. The highest BCUT2D eigenvalue weighted by atomic mass is 16.6. The van der Waals surface area contributed by atoms with E-state index in [1.54, 1.807) is 14.2 Å². The smallest absolute Gasteiger partial charge is 0.145 e. The molecule has 0 saturated carbocycles. The Bertz CT molecular complexity index is 13.0. The van der Waals surface area contributed by atoms with Gasteiger partial charge in [0.25, 0.3) is 0 Å². The van der Waals surface area contributed by atoms with Crippen molar-refractivity contribution in [2.45, 2.75) is 7.43 Å². The molecule has 0 aliphatic rings. The second-order valence-electron chi connectivity index (χ2n) is 0.695. The van der Waals surface area contributed by atoms with Crippen LogP contribution in [0.3, 0.4) is 0 Å². The van der Waals surface area contributed by atoms with Crippen molar-refractivity contribution in [2.24, 2.45) is 0 Å². The van der Waals surface area contributed by atoms with Crippen molar-refractivity contribution < 1.29 is 9.47 Å². The molecule has 0 N–H and O–H groups in total. The topological polar surface area (TPSA) is 18.5 Å². The van der Waals surface area contributed by atoms with Gasteiger partial charge in [-0.25, -0.2) is 0 Å². The molecule has 0 spiro atoms. The first kappa shape index (κ1) is 9.33. The fraction of sp³-hybridized carbons (Fsp3) is 1.00. The van der Waals surface area contributed by atoms with Gasteiger partial charge in [0.15, 0.2) is 0 Å². The lowest BCUT2D eigenvalue weighted by Crippen LogP contribution is -1.87. The normalized spacial score (nSPS) is 7.00. The van der Waals surface area contributed by atoms with Gasteiger partial charge in [-0.1, -0.05) is 7.43 Å². The molecule has 0 aromatic rings. The van der Waals surface area contributed by atoms with Gasteiger partial charge in [-0.3, -0.25) is 0 Å². The van der Waals surface area contributed by atoms with E-state index in [4.69, 9.17) is 0 Å². The zero-order chi connectivity index (χ0) is 4.12. The van der Waals surface area contributed by atoms with Gasteiger partial charge in [-0.05, 0) is 0 Å². The zero-order valence-corrected chi connectivity index (χ0v) is 3.52. The van der Waals surface area contributed by atoms with Crippen molar-refractivity contribution >= 4 is 0 Å². The average Bonchev–Trinajstić information content (AvgIpc) is 1.41. The fourth-order valence-corrected chi connectivity index (χ4v) is 0.118. The first-order valence-electron chi connectivity index (χ1n) is 1.39. The lowest BCUT2D eigenvalue weighted by atomic mass is 11.4. The van der Waals surface area contributed by atoms with Crippen molar-refractivity contribution in [3.05, 3.63) is 0 Å². The number of hydrogen-bond acceptors (Lipinski definition) is 2. The Hall–Kier alpha value is -0.0800. The Balaban J connectivity index is 0. The summed E-state index contributed by atoms with van der Waals surface area (Å²) < 4.78 is 8.94. The van der Waals surface area contributed by atoms with Crippen LogP contribution >= 0.6 is 0 Å². The SMILES string of the molecule is C.COCOC. The molecule has 2 heteroatoms. The van der Waals surface area contributed by atoms with Crippen LogP contribution in [0.1, 0.15) is 7.43 Å². The van der Waals surface area contributed by atoms with Crippen LogP contribution in [-0.2, 0) is 9.47 Å². The lowest BCUT2D eigenvalue weighted by Gasteiger charge is -1.87. The van der Waals surface area contributed by atoms with Crippen LogP contribution < -0.4 is 0 Å². The number of ether oxygens (including phenoxy) is 2. The Kier molecular flexibility index (Phi) is 13.8. The van der Waals surface area contributed by atoms with Crippen LogP contribution in [0.5, 0.6) is 0 Å². The van der Waals surface area contributed by atoms with Gasteiger partial charge in [-0.2, -0.15) is 0 Å². The quantitative estimate of drug-likeness (QED) is 0.470. The summed E-state index contributed by atoms with van der Waals surface area (Å²) >= 11 is 0.